The molecule has 0 aromatic heterocycles. The van der Waals surface area contributed by atoms with E-state index < -0.39 is 0 Å². The fraction of sp³-hybridized carbons (Fsp3) is 0.364. The molecule has 0 spiro atoms. The van der Waals surface area contributed by atoms with Crippen LogP contribution in [0.15, 0.2) is 35.4 Å². The summed E-state index contributed by atoms with van der Waals surface area (Å²) in [5.74, 6) is 2.16. The third-order valence-electron chi connectivity index (χ3n) is 4.37. The Bertz CT molecular complexity index is 878. The third kappa shape index (κ3) is 5.63. The highest BCUT2D eigenvalue weighted by atomic mass is 16.5. The second-order valence-corrected chi connectivity index (χ2v) is 6.69. The summed E-state index contributed by atoms with van der Waals surface area (Å²) in [6, 6.07) is 9.51. The predicted octanol–water partition coefficient (Wildman–Crippen LogP) is 3.67. The van der Waals surface area contributed by atoms with Crippen molar-refractivity contribution < 1.29 is 23.7 Å². The zero-order valence-corrected chi connectivity index (χ0v) is 17.7. The number of aryl methyl sites for hydroxylation is 1. The van der Waals surface area contributed by atoms with Gasteiger partial charge >= 0.3 is 0 Å². The van der Waals surface area contributed by atoms with Crippen LogP contribution in [0.5, 0.6) is 23.0 Å². The number of nitrogens with one attached hydrogen (secondary N) is 1. The first kappa shape index (κ1) is 22.1. The first-order chi connectivity index (χ1) is 13.9. The van der Waals surface area contributed by atoms with Crippen LogP contribution in [0.3, 0.4) is 0 Å². The summed E-state index contributed by atoms with van der Waals surface area (Å²) >= 11 is 0. The SMILES string of the molecule is COc1ccc(/C=N/NC(=O)COc2cc(C(C)C)ccc2C)c(OC)c1OC. The first-order valence-corrected chi connectivity index (χ1v) is 9.25. The summed E-state index contributed by atoms with van der Waals surface area (Å²) in [6.45, 7) is 6.03. The highest BCUT2D eigenvalue weighted by Crippen LogP contribution is 2.38. The highest BCUT2D eigenvalue weighted by molar-refractivity contribution is 5.87. The van der Waals surface area contributed by atoms with E-state index in [2.05, 4.69) is 30.4 Å². The van der Waals surface area contributed by atoms with Gasteiger partial charge in [0.15, 0.2) is 18.1 Å². The minimum atomic E-state index is -0.366. The fourth-order valence-corrected chi connectivity index (χ4v) is 2.71. The van der Waals surface area contributed by atoms with Crippen LogP contribution < -0.4 is 24.4 Å². The maximum atomic E-state index is 12.1. The van der Waals surface area contributed by atoms with Crippen LogP contribution in [0.25, 0.3) is 0 Å². The second-order valence-electron chi connectivity index (χ2n) is 6.69. The van der Waals surface area contributed by atoms with Crippen molar-refractivity contribution in [3.05, 3.63) is 47.0 Å². The Balaban J connectivity index is 2.01. The van der Waals surface area contributed by atoms with Crippen LogP contribution in [0.1, 0.15) is 36.5 Å². The summed E-state index contributed by atoms with van der Waals surface area (Å²) in [7, 11) is 4.59. The summed E-state index contributed by atoms with van der Waals surface area (Å²) in [6.07, 6.45) is 1.48. The quantitative estimate of drug-likeness (QED) is 0.513. The van der Waals surface area contributed by atoms with E-state index in [0.717, 1.165) is 11.1 Å². The molecular formula is C22H28N2O5. The van der Waals surface area contributed by atoms with Crippen molar-refractivity contribution in [2.45, 2.75) is 26.7 Å². The standard InChI is InChI=1S/C22H28N2O5/c1-14(2)16-8-7-15(3)19(11-16)29-13-20(25)24-23-12-17-9-10-18(26-4)22(28-6)21(17)27-5/h7-12,14H,13H2,1-6H3,(H,24,25)/b23-12+. The van der Waals surface area contributed by atoms with Crippen molar-refractivity contribution in [2.75, 3.05) is 27.9 Å². The van der Waals surface area contributed by atoms with Crippen molar-refractivity contribution in [1.82, 2.24) is 5.43 Å². The Hall–Kier alpha value is -3.22. The monoisotopic (exact) mass is 400 g/mol. The molecule has 2 aromatic rings. The fourth-order valence-electron chi connectivity index (χ4n) is 2.71. The molecule has 1 N–H and O–H groups in total. The van der Waals surface area contributed by atoms with Crippen molar-refractivity contribution in [2.24, 2.45) is 5.10 Å². The van der Waals surface area contributed by atoms with Crippen molar-refractivity contribution in [3.63, 3.8) is 0 Å². The lowest BCUT2D eigenvalue weighted by atomic mass is 10.0. The summed E-state index contributed by atoms with van der Waals surface area (Å²) in [4.78, 5) is 12.1. The zero-order valence-electron chi connectivity index (χ0n) is 17.7. The van der Waals surface area contributed by atoms with E-state index in [0.29, 0.717) is 34.5 Å². The second kappa shape index (κ2) is 10.4. The summed E-state index contributed by atoms with van der Waals surface area (Å²) in [5.41, 5.74) is 5.21. The molecular weight excluding hydrogens is 372 g/mol. The Labute approximate surface area is 171 Å². The number of carbonyl (C=O) groups excluding carboxylic acids is 1. The number of benzene rings is 2. The Morgan fingerprint density at radius 2 is 1.76 bits per heavy atom. The van der Waals surface area contributed by atoms with Crippen LogP contribution >= 0.6 is 0 Å². The lowest BCUT2D eigenvalue weighted by molar-refractivity contribution is -0.123. The van der Waals surface area contributed by atoms with Gasteiger partial charge in [0.1, 0.15) is 5.75 Å². The van der Waals surface area contributed by atoms with Crippen LogP contribution in [-0.2, 0) is 4.79 Å². The molecule has 0 saturated carbocycles. The summed E-state index contributed by atoms with van der Waals surface area (Å²) < 4.78 is 21.6. The van der Waals surface area contributed by atoms with E-state index in [1.807, 2.05) is 19.1 Å². The number of methoxy groups -OCH3 is 3. The molecule has 0 bridgehead atoms. The zero-order chi connectivity index (χ0) is 21.4. The number of hydrogen-bond donors (Lipinski definition) is 1. The van der Waals surface area contributed by atoms with Crippen molar-refractivity contribution in [1.29, 1.82) is 0 Å². The number of nitrogens with zero attached hydrogens (tertiary/aromatic N) is 1. The van der Waals surface area contributed by atoms with E-state index in [4.69, 9.17) is 18.9 Å². The lowest BCUT2D eigenvalue weighted by Gasteiger charge is -2.13. The number of hydrogen-bond acceptors (Lipinski definition) is 6. The average molecular weight is 400 g/mol. The van der Waals surface area contributed by atoms with E-state index in [1.165, 1.54) is 20.4 Å². The minimum Gasteiger partial charge on any atom is -0.493 e. The molecule has 1 amide bonds. The molecule has 0 aliphatic rings. The Morgan fingerprint density at radius 1 is 1.03 bits per heavy atom. The molecule has 0 unspecified atom stereocenters. The topological polar surface area (TPSA) is 78.4 Å². The third-order valence-corrected chi connectivity index (χ3v) is 4.37. The van der Waals surface area contributed by atoms with Crippen LogP contribution in [0.2, 0.25) is 0 Å². The van der Waals surface area contributed by atoms with Gasteiger partial charge in [-0.15, -0.1) is 0 Å². The molecule has 0 fully saturated rings. The summed E-state index contributed by atoms with van der Waals surface area (Å²) in [5, 5.41) is 3.98. The van der Waals surface area contributed by atoms with Crippen LogP contribution in [0, 0.1) is 6.92 Å². The average Bonchev–Trinajstić information content (AvgIpc) is 2.72. The Morgan fingerprint density at radius 3 is 2.38 bits per heavy atom. The molecule has 0 aliphatic carbocycles. The molecule has 2 rings (SSSR count). The normalized spacial score (nSPS) is 10.9. The number of carbonyl (C=O) groups is 1. The van der Waals surface area contributed by atoms with Gasteiger partial charge < -0.3 is 18.9 Å². The van der Waals surface area contributed by atoms with Gasteiger partial charge in [-0.2, -0.15) is 5.10 Å². The van der Waals surface area contributed by atoms with E-state index in [-0.39, 0.29) is 12.5 Å². The van der Waals surface area contributed by atoms with E-state index in [9.17, 15) is 4.79 Å². The van der Waals surface area contributed by atoms with Gasteiger partial charge in [-0.05, 0) is 42.2 Å². The smallest absolute Gasteiger partial charge is 0.277 e. The number of rotatable bonds is 9. The van der Waals surface area contributed by atoms with Gasteiger partial charge in [0.05, 0.1) is 27.5 Å². The lowest BCUT2D eigenvalue weighted by Crippen LogP contribution is -2.24. The van der Waals surface area contributed by atoms with Gasteiger partial charge in [0, 0.05) is 5.56 Å². The predicted molar refractivity (Wildman–Crippen MR) is 113 cm³/mol. The van der Waals surface area contributed by atoms with Crippen LogP contribution in [0.4, 0.5) is 0 Å². The first-order valence-electron chi connectivity index (χ1n) is 9.25. The van der Waals surface area contributed by atoms with Crippen LogP contribution in [-0.4, -0.2) is 40.1 Å². The molecule has 29 heavy (non-hydrogen) atoms. The van der Waals surface area contributed by atoms with E-state index in [1.54, 1.807) is 19.2 Å². The molecule has 0 atom stereocenters. The molecule has 0 saturated heterocycles. The molecule has 0 radical (unpaired) electrons. The number of amides is 1. The molecule has 0 heterocycles. The molecule has 7 nitrogen and oxygen atoms in total. The molecule has 7 heteroatoms. The van der Waals surface area contributed by atoms with Gasteiger partial charge in [-0.3, -0.25) is 4.79 Å². The van der Waals surface area contributed by atoms with Gasteiger partial charge in [0.25, 0.3) is 5.91 Å². The maximum Gasteiger partial charge on any atom is 0.277 e. The van der Waals surface area contributed by atoms with Gasteiger partial charge in [0.2, 0.25) is 5.75 Å². The maximum absolute atomic E-state index is 12.1. The number of ether oxygens (including phenoxy) is 4. The highest BCUT2D eigenvalue weighted by Gasteiger charge is 2.14. The van der Waals surface area contributed by atoms with Gasteiger partial charge in [-0.25, -0.2) is 5.43 Å². The van der Waals surface area contributed by atoms with Crippen molar-refractivity contribution in [3.8, 4) is 23.0 Å². The van der Waals surface area contributed by atoms with E-state index >= 15 is 0 Å². The van der Waals surface area contributed by atoms with Gasteiger partial charge in [-0.1, -0.05) is 26.0 Å². The minimum absolute atomic E-state index is 0.136. The molecule has 156 valence electrons. The largest absolute Gasteiger partial charge is 0.493 e. The number of hydrazone groups is 1. The molecule has 0 aliphatic heterocycles. The Kier molecular flexibility index (Phi) is 7.88. The van der Waals surface area contributed by atoms with Crippen molar-refractivity contribution >= 4 is 12.1 Å². The molecule has 2 aromatic carbocycles.